The van der Waals surface area contributed by atoms with Gasteiger partial charge in [-0.1, -0.05) is 117 Å². The number of rotatable bonds is 25. The second-order valence-corrected chi connectivity index (χ2v) is 11.5. The third-order valence-electron chi connectivity index (χ3n) is 6.90. The molecule has 0 saturated heterocycles. The van der Waals surface area contributed by atoms with E-state index in [1.165, 1.54) is 38.5 Å². The van der Waals surface area contributed by atoms with E-state index in [2.05, 4.69) is 13.8 Å². The zero-order valence-electron chi connectivity index (χ0n) is 23.2. The van der Waals surface area contributed by atoms with E-state index in [9.17, 15) is 38.9 Å². The smallest absolute Gasteiger partial charge is 0.433 e. The van der Waals surface area contributed by atoms with Gasteiger partial charge in [-0.05, 0) is 12.8 Å². The quantitative estimate of drug-likeness (QED) is 0.0602. The molecular formula is C27H52NO8P. The molecule has 0 aromatic rings. The number of carbonyl (C=O) groups excluding carboxylic acids is 2. The van der Waals surface area contributed by atoms with Crippen molar-refractivity contribution in [3.05, 3.63) is 0 Å². The molecule has 0 aliphatic heterocycles. The van der Waals surface area contributed by atoms with E-state index in [-0.39, 0.29) is 17.5 Å². The van der Waals surface area contributed by atoms with Crippen LogP contribution in [0.15, 0.2) is 0 Å². The first-order chi connectivity index (χ1) is 17.6. The number of hydrogen-bond donors (Lipinski definition) is 4. The van der Waals surface area contributed by atoms with Crippen molar-refractivity contribution in [3.63, 3.8) is 0 Å². The van der Waals surface area contributed by atoms with Gasteiger partial charge in [0.25, 0.3) is 0 Å². The number of ketones is 1. The molecule has 0 saturated carbocycles. The van der Waals surface area contributed by atoms with Gasteiger partial charge < -0.3 is 20.0 Å². The molecular weight excluding hydrogens is 497 g/mol. The van der Waals surface area contributed by atoms with Crippen LogP contribution in [0.2, 0.25) is 0 Å². The molecule has 0 aromatic heterocycles. The highest BCUT2D eigenvalue weighted by Gasteiger charge is 2.58. The summed E-state index contributed by atoms with van der Waals surface area (Å²) in [6, 6.07) is 0. The van der Waals surface area contributed by atoms with Gasteiger partial charge in [0.1, 0.15) is 0 Å². The molecule has 0 spiro atoms. The first-order valence-corrected chi connectivity index (χ1v) is 15.9. The van der Waals surface area contributed by atoms with Gasteiger partial charge in [0.15, 0.2) is 5.78 Å². The molecule has 1 amide bonds. The number of amides is 1. The highest BCUT2D eigenvalue weighted by molar-refractivity contribution is 7.50. The van der Waals surface area contributed by atoms with E-state index in [1.54, 1.807) is 0 Å². The first kappa shape index (κ1) is 35.7. The fourth-order valence-electron chi connectivity index (χ4n) is 4.63. The molecule has 37 heavy (non-hydrogen) atoms. The molecule has 0 aliphatic rings. The summed E-state index contributed by atoms with van der Waals surface area (Å²) < 4.78 is 12.1. The number of unbranched alkanes of at least 4 members (excludes halogenated alkanes) is 16. The van der Waals surface area contributed by atoms with Crippen LogP contribution in [0.25, 0.3) is 0 Å². The molecule has 0 radical (unpaired) electrons. The maximum absolute atomic E-state index is 13.0. The van der Waals surface area contributed by atoms with Crippen molar-refractivity contribution in [2.24, 2.45) is 0 Å². The largest absolute Gasteiger partial charge is 0.479 e. The highest BCUT2D eigenvalue weighted by Crippen LogP contribution is 2.47. The van der Waals surface area contributed by atoms with Gasteiger partial charge in [-0.15, -0.1) is 0 Å². The number of carboxylic acid groups (broad SMARTS) is 1. The second-order valence-electron chi connectivity index (χ2n) is 10.1. The highest BCUT2D eigenvalue weighted by atomic mass is 31.2. The predicted octanol–water partition coefficient (Wildman–Crippen LogP) is 6.13. The van der Waals surface area contributed by atoms with Gasteiger partial charge in [-0.25, -0.2) is 14.0 Å². The van der Waals surface area contributed by atoms with Crippen molar-refractivity contribution >= 4 is 25.4 Å². The van der Waals surface area contributed by atoms with Gasteiger partial charge in [-0.3, -0.25) is 9.59 Å². The average molecular weight is 550 g/mol. The van der Waals surface area contributed by atoms with Crippen molar-refractivity contribution in [2.75, 3.05) is 6.61 Å². The maximum Gasteiger partial charge on any atom is 0.433 e. The lowest BCUT2D eigenvalue weighted by Crippen LogP contribution is -2.63. The molecule has 0 rings (SSSR count). The Morgan fingerprint density at radius 3 is 1.32 bits per heavy atom. The number of hydrogen-bond acceptors (Lipinski definition) is 5. The number of nitrogens with zero attached hydrogens (tertiary/aromatic N) is 1. The van der Waals surface area contributed by atoms with Crippen LogP contribution >= 0.6 is 7.75 Å². The predicted molar refractivity (Wildman–Crippen MR) is 145 cm³/mol. The van der Waals surface area contributed by atoms with Crippen LogP contribution in [-0.4, -0.2) is 54.5 Å². The van der Waals surface area contributed by atoms with Crippen molar-refractivity contribution < 1.29 is 38.9 Å². The standard InChI is InChI=1S/C27H52NO8P/c1-3-5-7-9-11-13-15-17-19-21-24(30)27(23-29,26(32)33)28(37(34,35)36)25(31)22-20-18-16-14-12-10-8-6-4-2/h29H,3-23H2,1-2H3,(H,32,33)(H2,34,35,36)/t27-/m0/s1. The van der Waals surface area contributed by atoms with Crippen LogP contribution in [0.5, 0.6) is 0 Å². The Labute approximate surface area is 223 Å². The molecule has 0 fully saturated rings. The van der Waals surface area contributed by atoms with E-state index < -0.39 is 37.6 Å². The molecule has 0 aliphatic carbocycles. The van der Waals surface area contributed by atoms with Gasteiger partial charge in [0.05, 0.1) is 6.61 Å². The third kappa shape index (κ3) is 13.9. The molecule has 0 bridgehead atoms. The summed E-state index contributed by atoms with van der Waals surface area (Å²) in [4.78, 5) is 57.7. The Morgan fingerprint density at radius 2 is 1.00 bits per heavy atom. The summed E-state index contributed by atoms with van der Waals surface area (Å²) in [5.41, 5.74) is -2.99. The third-order valence-corrected chi connectivity index (χ3v) is 7.99. The summed E-state index contributed by atoms with van der Waals surface area (Å²) in [6.07, 6.45) is 16.7. The summed E-state index contributed by atoms with van der Waals surface area (Å²) in [6.45, 7) is 2.91. The van der Waals surface area contributed by atoms with E-state index in [0.717, 1.165) is 51.4 Å². The number of aliphatic hydroxyl groups is 1. The molecule has 10 heteroatoms. The molecule has 4 N–H and O–H groups in total. The number of carboxylic acids is 1. The van der Waals surface area contributed by atoms with Crippen LogP contribution in [-0.2, 0) is 18.9 Å². The zero-order valence-corrected chi connectivity index (χ0v) is 24.1. The molecule has 218 valence electrons. The average Bonchev–Trinajstić information content (AvgIpc) is 2.83. The Kier molecular flexibility index (Phi) is 19.9. The summed E-state index contributed by atoms with van der Waals surface area (Å²) in [5, 5.41) is 19.8. The minimum absolute atomic E-state index is 0.164. The Morgan fingerprint density at radius 1 is 0.649 bits per heavy atom. The topological polar surface area (TPSA) is 152 Å². The Bertz CT molecular complexity index is 696. The number of aliphatic carboxylic acids is 1. The minimum atomic E-state index is -5.50. The summed E-state index contributed by atoms with van der Waals surface area (Å²) >= 11 is 0. The fraction of sp³-hybridized carbons (Fsp3) is 0.889. The number of Topliss-reactive ketones (excluding diaryl/α,β-unsaturated/α-hetero) is 1. The number of carbonyl (C=O) groups is 3. The van der Waals surface area contributed by atoms with Crippen LogP contribution in [0, 0.1) is 0 Å². The molecule has 0 aromatic carbocycles. The lowest BCUT2D eigenvalue weighted by Gasteiger charge is -2.37. The van der Waals surface area contributed by atoms with Crippen molar-refractivity contribution in [3.8, 4) is 0 Å². The molecule has 9 nitrogen and oxygen atoms in total. The van der Waals surface area contributed by atoms with Crippen LogP contribution in [0.1, 0.15) is 142 Å². The van der Waals surface area contributed by atoms with E-state index in [0.29, 0.717) is 25.7 Å². The van der Waals surface area contributed by atoms with E-state index in [4.69, 9.17) is 0 Å². The molecule has 0 heterocycles. The Hall–Kier alpha value is -1.28. The fourth-order valence-corrected chi connectivity index (χ4v) is 5.72. The molecule has 0 unspecified atom stereocenters. The van der Waals surface area contributed by atoms with Gasteiger partial charge >= 0.3 is 13.7 Å². The number of aliphatic hydroxyl groups excluding tert-OH is 1. The SMILES string of the molecule is CCCCCCCCCCCC(=O)N([C@](CO)(C(=O)O)C(=O)CCCCCCCCCCC)P(=O)(O)O. The minimum Gasteiger partial charge on any atom is -0.479 e. The maximum atomic E-state index is 13.0. The van der Waals surface area contributed by atoms with Crippen molar-refractivity contribution in [1.29, 1.82) is 0 Å². The van der Waals surface area contributed by atoms with Crippen molar-refractivity contribution in [2.45, 2.75) is 148 Å². The second kappa shape index (κ2) is 20.7. The van der Waals surface area contributed by atoms with Crippen molar-refractivity contribution in [1.82, 2.24) is 4.67 Å². The van der Waals surface area contributed by atoms with Crippen LogP contribution in [0.4, 0.5) is 0 Å². The molecule has 1 atom stereocenters. The van der Waals surface area contributed by atoms with E-state index in [1.807, 2.05) is 0 Å². The van der Waals surface area contributed by atoms with Crippen LogP contribution in [0.3, 0.4) is 0 Å². The lowest BCUT2D eigenvalue weighted by atomic mass is 9.90. The van der Waals surface area contributed by atoms with Gasteiger partial charge in [-0.2, -0.15) is 0 Å². The van der Waals surface area contributed by atoms with Gasteiger partial charge in [0, 0.05) is 12.8 Å². The van der Waals surface area contributed by atoms with Crippen LogP contribution < -0.4 is 0 Å². The monoisotopic (exact) mass is 549 g/mol. The summed E-state index contributed by atoms with van der Waals surface area (Å²) in [5.74, 6) is -4.12. The Balaban J connectivity index is 4.97. The zero-order chi connectivity index (χ0) is 28.2. The van der Waals surface area contributed by atoms with E-state index >= 15 is 0 Å². The lowest BCUT2D eigenvalue weighted by molar-refractivity contribution is -0.163. The normalized spacial score (nSPS) is 13.3. The first-order valence-electron chi connectivity index (χ1n) is 14.4. The summed E-state index contributed by atoms with van der Waals surface area (Å²) in [7, 11) is -5.50. The van der Waals surface area contributed by atoms with Gasteiger partial charge in [0.2, 0.25) is 11.4 Å².